The lowest BCUT2D eigenvalue weighted by molar-refractivity contribution is 0.577. The van der Waals surface area contributed by atoms with Crippen LogP contribution < -0.4 is 4.72 Å². The predicted octanol–water partition coefficient (Wildman–Crippen LogP) is 0.950. The predicted molar refractivity (Wildman–Crippen MR) is 57.5 cm³/mol. The fourth-order valence-corrected chi connectivity index (χ4v) is 1.93. The summed E-state index contributed by atoms with van der Waals surface area (Å²) in [5.74, 6) is -2.05. The maximum atomic E-state index is 12.8. The molecular weight excluding hydrogens is 250 g/mol. The molecule has 0 aliphatic heterocycles. The molecule has 1 rings (SSSR count). The number of benzene rings is 1. The van der Waals surface area contributed by atoms with Crippen LogP contribution in [0.25, 0.3) is 0 Å². The Morgan fingerprint density at radius 1 is 1.24 bits per heavy atom. The van der Waals surface area contributed by atoms with Gasteiger partial charge in [-0.1, -0.05) is 0 Å². The second-order valence-electron chi connectivity index (χ2n) is 3.34. The number of nitrogens with one attached hydrogen (secondary N) is 1. The van der Waals surface area contributed by atoms with Crippen molar-refractivity contribution < 1.29 is 17.2 Å². The van der Waals surface area contributed by atoms with Crippen LogP contribution in [0.1, 0.15) is 5.56 Å². The van der Waals surface area contributed by atoms with Gasteiger partial charge < -0.3 is 0 Å². The van der Waals surface area contributed by atoms with E-state index in [9.17, 15) is 17.2 Å². The van der Waals surface area contributed by atoms with E-state index in [0.29, 0.717) is 5.56 Å². The van der Waals surface area contributed by atoms with Crippen LogP contribution in [0.3, 0.4) is 0 Å². The Morgan fingerprint density at radius 2 is 1.82 bits per heavy atom. The molecule has 0 aromatic heterocycles. The minimum Gasteiger partial charge on any atom is -0.214 e. The van der Waals surface area contributed by atoms with E-state index < -0.39 is 27.4 Å². The fourth-order valence-electron chi connectivity index (χ4n) is 1.24. The summed E-state index contributed by atoms with van der Waals surface area (Å²) in [6.45, 7) is -0.00704. The van der Waals surface area contributed by atoms with Crippen LogP contribution in [-0.2, 0) is 16.4 Å². The molecule has 0 aliphatic rings. The molecule has 0 heterocycles. The van der Waals surface area contributed by atoms with Crippen LogP contribution in [0.5, 0.6) is 0 Å². The summed E-state index contributed by atoms with van der Waals surface area (Å²) in [6.07, 6.45) is 0.152. The Balaban J connectivity index is 2.55. The summed E-state index contributed by atoms with van der Waals surface area (Å²) in [7, 11) is -3.62. The van der Waals surface area contributed by atoms with Crippen molar-refractivity contribution in [1.82, 2.24) is 4.72 Å². The van der Waals surface area contributed by atoms with Crippen LogP contribution in [-0.4, -0.2) is 20.7 Å². The zero-order chi connectivity index (χ0) is 12.9. The third kappa shape index (κ3) is 4.89. The largest absolute Gasteiger partial charge is 0.225 e. The normalized spacial score (nSPS) is 11.1. The molecule has 0 saturated carbocycles. The highest BCUT2D eigenvalue weighted by Crippen LogP contribution is 2.08. The third-order valence-corrected chi connectivity index (χ3v) is 3.07. The zero-order valence-electron chi connectivity index (χ0n) is 8.78. The van der Waals surface area contributed by atoms with E-state index in [1.165, 1.54) is 6.07 Å². The fraction of sp³-hybridized carbons (Fsp3) is 0.300. The van der Waals surface area contributed by atoms with Crippen molar-refractivity contribution in [2.75, 3.05) is 12.3 Å². The van der Waals surface area contributed by atoms with E-state index in [-0.39, 0.29) is 13.0 Å². The molecule has 4 nitrogen and oxygen atoms in total. The Labute approximate surface area is 97.9 Å². The van der Waals surface area contributed by atoms with Gasteiger partial charge in [-0.3, -0.25) is 0 Å². The van der Waals surface area contributed by atoms with Crippen molar-refractivity contribution in [3.8, 4) is 6.07 Å². The molecule has 1 aromatic carbocycles. The SMILES string of the molecule is N#CCS(=O)(=O)NCCc1cc(F)cc(F)c1. The highest BCUT2D eigenvalue weighted by Gasteiger charge is 2.08. The topological polar surface area (TPSA) is 70.0 Å². The molecule has 0 amide bonds. The second-order valence-corrected chi connectivity index (χ2v) is 5.15. The van der Waals surface area contributed by atoms with Gasteiger partial charge in [0.05, 0.1) is 6.07 Å². The lowest BCUT2D eigenvalue weighted by Gasteiger charge is -2.04. The highest BCUT2D eigenvalue weighted by molar-refractivity contribution is 7.89. The molecule has 92 valence electrons. The van der Waals surface area contributed by atoms with E-state index in [4.69, 9.17) is 5.26 Å². The monoisotopic (exact) mass is 260 g/mol. The quantitative estimate of drug-likeness (QED) is 0.857. The van der Waals surface area contributed by atoms with Crippen LogP contribution in [0.4, 0.5) is 8.78 Å². The molecule has 0 bridgehead atoms. The van der Waals surface area contributed by atoms with Crippen molar-refractivity contribution >= 4 is 10.0 Å². The van der Waals surface area contributed by atoms with E-state index in [1.807, 2.05) is 0 Å². The molecule has 0 fully saturated rings. The van der Waals surface area contributed by atoms with Gasteiger partial charge in [0.15, 0.2) is 5.75 Å². The number of sulfonamides is 1. The first kappa shape index (κ1) is 13.5. The molecule has 0 aliphatic carbocycles. The first-order chi connectivity index (χ1) is 7.93. The molecule has 0 spiro atoms. The zero-order valence-corrected chi connectivity index (χ0v) is 9.60. The minimum absolute atomic E-state index is 0.00704. The van der Waals surface area contributed by atoms with Crippen molar-refractivity contribution in [3.63, 3.8) is 0 Å². The maximum Gasteiger partial charge on any atom is 0.225 e. The number of hydrogen-bond acceptors (Lipinski definition) is 3. The number of hydrogen-bond donors (Lipinski definition) is 1. The average Bonchev–Trinajstić information content (AvgIpc) is 2.15. The average molecular weight is 260 g/mol. The summed E-state index contributed by atoms with van der Waals surface area (Å²) in [4.78, 5) is 0. The molecule has 17 heavy (non-hydrogen) atoms. The third-order valence-electron chi connectivity index (χ3n) is 1.91. The highest BCUT2D eigenvalue weighted by atomic mass is 32.2. The second kappa shape index (κ2) is 5.70. The summed E-state index contributed by atoms with van der Waals surface area (Å²) in [5, 5.41) is 8.22. The van der Waals surface area contributed by atoms with Crippen LogP contribution in [0, 0.1) is 23.0 Å². The Bertz CT molecular complexity index is 517. The molecule has 7 heteroatoms. The van der Waals surface area contributed by atoms with Crippen molar-refractivity contribution in [2.45, 2.75) is 6.42 Å². The first-order valence-corrected chi connectivity index (χ1v) is 6.37. The number of nitrogens with zero attached hydrogens (tertiary/aromatic N) is 1. The van der Waals surface area contributed by atoms with Gasteiger partial charge in [-0.2, -0.15) is 5.26 Å². The lowest BCUT2D eigenvalue weighted by atomic mass is 10.1. The van der Waals surface area contributed by atoms with E-state index >= 15 is 0 Å². The van der Waals surface area contributed by atoms with Gasteiger partial charge in [0, 0.05) is 12.6 Å². The Kier molecular flexibility index (Phi) is 4.54. The maximum absolute atomic E-state index is 12.8. The van der Waals surface area contributed by atoms with Crippen molar-refractivity contribution in [2.24, 2.45) is 0 Å². The van der Waals surface area contributed by atoms with Crippen LogP contribution in [0.15, 0.2) is 18.2 Å². The summed E-state index contributed by atoms with van der Waals surface area (Å²) >= 11 is 0. The first-order valence-electron chi connectivity index (χ1n) is 4.72. The smallest absolute Gasteiger partial charge is 0.214 e. The summed E-state index contributed by atoms with van der Waals surface area (Å²) in [6, 6.07) is 4.50. The molecule has 0 unspecified atom stereocenters. The molecule has 1 aromatic rings. The van der Waals surface area contributed by atoms with Crippen molar-refractivity contribution in [1.29, 1.82) is 5.26 Å². The lowest BCUT2D eigenvalue weighted by Crippen LogP contribution is -2.27. The van der Waals surface area contributed by atoms with Gasteiger partial charge in [0.2, 0.25) is 10.0 Å². The number of rotatable bonds is 5. The molecule has 0 saturated heterocycles. The van der Waals surface area contributed by atoms with Crippen molar-refractivity contribution in [3.05, 3.63) is 35.4 Å². The van der Waals surface area contributed by atoms with Gasteiger partial charge >= 0.3 is 0 Å². The van der Waals surface area contributed by atoms with E-state index in [1.54, 1.807) is 0 Å². The molecular formula is C10H10F2N2O2S. The number of nitriles is 1. The van der Waals surface area contributed by atoms with Gasteiger partial charge in [0.25, 0.3) is 0 Å². The molecule has 1 N–H and O–H groups in total. The van der Waals surface area contributed by atoms with Gasteiger partial charge in [-0.15, -0.1) is 0 Å². The van der Waals surface area contributed by atoms with Gasteiger partial charge in [-0.25, -0.2) is 21.9 Å². The van der Waals surface area contributed by atoms with E-state index in [2.05, 4.69) is 4.72 Å². The van der Waals surface area contributed by atoms with Gasteiger partial charge in [-0.05, 0) is 24.1 Å². The summed E-state index contributed by atoms with van der Waals surface area (Å²) in [5.41, 5.74) is 0.349. The standard InChI is InChI=1S/C10H10F2N2O2S/c11-9-5-8(6-10(12)7-9)1-3-14-17(15,16)4-2-13/h5-7,14H,1,3-4H2. The van der Waals surface area contributed by atoms with Gasteiger partial charge in [0.1, 0.15) is 11.6 Å². The Hall–Kier alpha value is -1.52. The molecule has 0 atom stereocenters. The van der Waals surface area contributed by atoms with Crippen LogP contribution >= 0.6 is 0 Å². The van der Waals surface area contributed by atoms with E-state index in [0.717, 1.165) is 18.2 Å². The molecule has 0 radical (unpaired) electrons. The van der Waals surface area contributed by atoms with Crippen LogP contribution in [0.2, 0.25) is 0 Å². The minimum atomic E-state index is -3.62. The summed E-state index contributed by atoms with van der Waals surface area (Å²) < 4.78 is 49.9. The Morgan fingerprint density at radius 3 is 2.35 bits per heavy atom. The number of halogens is 2.